The van der Waals surface area contributed by atoms with Crippen molar-refractivity contribution in [1.82, 2.24) is 0 Å². The van der Waals surface area contributed by atoms with E-state index in [1.165, 1.54) is 19.1 Å². The summed E-state index contributed by atoms with van der Waals surface area (Å²) in [7, 11) is 0. The van der Waals surface area contributed by atoms with Crippen molar-refractivity contribution >= 4 is 17.5 Å². The Hall–Kier alpha value is -2.08. The lowest BCUT2D eigenvalue weighted by molar-refractivity contribution is -0.185. The molecule has 30 heavy (non-hydrogen) atoms. The van der Waals surface area contributed by atoms with Crippen molar-refractivity contribution in [3.8, 4) is 0 Å². The lowest BCUT2D eigenvalue weighted by Crippen LogP contribution is -2.66. The number of hydrogen-bond acceptors (Lipinski definition) is 5. The van der Waals surface area contributed by atoms with Gasteiger partial charge < -0.3 is 9.84 Å². The quantitative estimate of drug-likeness (QED) is 0.713. The highest BCUT2D eigenvalue weighted by atomic mass is 19.1. The molecule has 0 saturated heterocycles. The first-order valence-corrected chi connectivity index (χ1v) is 10.6. The standard InChI is InChI=1S/C24H29FO5/c1-13-9-18-17-6-5-15-10-16(27)7-8-23(15,4)24(17,25)20(29)11-22(18,3)21(13)19(28)12-30-14(2)26/h7-8,10,17-18,20,29H,5-6,9,11-12H2,1-4H3/t17?,18-,20-,22-,23-,24-/m0/s1. The van der Waals surface area contributed by atoms with Crippen LogP contribution in [0, 0.1) is 22.7 Å². The largest absolute Gasteiger partial charge is 0.457 e. The molecule has 2 saturated carbocycles. The molecule has 0 aromatic rings. The van der Waals surface area contributed by atoms with Gasteiger partial charge in [-0.15, -0.1) is 0 Å². The van der Waals surface area contributed by atoms with E-state index >= 15 is 4.39 Å². The van der Waals surface area contributed by atoms with Gasteiger partial charge in [-0.3, -0.25) is 14.4 Å². The van der Waals surface area contributed by atoms with Gasteiger partial charge in [0, 0.05) is 29.2 Å². The molecular weight excluding hydrogens is 387 g/mol. The summed E-state index contributed by atoms with van der Waals surface area (Å²) in [6, 6.07) is 0. The zero-order valence-corrected chi connectivity index (χ0v) is 18.0. The average molecular weight is 416 g/mol. The van der Waals surface area contributed by atoms with Crippen LogP contribution in [0.2, 0.25) is 0 Å². The van der Waals surface area contributed by atoms with Gasteiger partial charge in [-0.05, 0) is 57.6 Å². The fraction of sp³-hybridized carbons (Fsp3) is 0.625. The highest BCUT2D eigenvalue weighted by molar-refractivity contribution is 6.01. The number of aliphatic hydroxyl groups is 1. The van der Waals surface area contributed by atoms with Crippen LogP contribution in [0.1, 0.15) is 53.4 Å². The van der Waals surface area contributed by atoms with Crippen molar-refractivity contribution in [2.45, 2.75) is 65.2 Å². The van der Waals surface area contributed by atoms with Crippen LogP contribution in [0.3, 0.4) is 0 Å². The summed E-state index contributed by atoms with van der Waals surface area (Å²) in [5.74, 6) is -1.51. The minimum Gasteiger partial charge on any atom is -0.457 e. The molecule has 1 unspecified atom stereocenters. The Morgan fingerprint density at radius 2 is 2.00 bits per heavy atom. The predicted molar refractivity (Wildman–Crippen MR) is 108 cm³/mol. The molecule has 0 bridgehead atoms. The van der Waals surface area contributed by atoms with Gasteiger partial charge in [0.1, 0.15) is 0 Å². The number of rotatable bonds is 3. The molecule has 0 spiro atoms. The van der Waals surface area contributed by atoms with Crippen LogP contribution < -0.4 is 0 Å². The zero-order valence-electron chi connectivity index (χ0n) is 18.0. The van der Waals surface area contributed by atoms with E-state index in [-0.39, 0.29) is 30.5 Å². The van der Waals surface area contributed by atoms with E-state index in [2.05, 4.69) is 0 Å². The summed E-state index contributed by atoms with van der Waals surface area (Å²) in [6.07, 6.45) is 5.09. The van der Waals surface area contributed by atoms with Crippen LogP contribution in [0.15, 0.2) is 34.9 Å². The third-order valence-corrected chi connectivity index (χ3v) is 8.24. The number of ether oxygens (including phenoxy) is 1. The Morgan fingerprint density at radius 3 is 2.67 bits per heavy atom. The molecule has 4 aliphatic rings. The SMILES string of the molecule is CC(=O)OCC(=O)C1=C(C)C[C@H]2C3CCC4=CC(=O)C=C[C@]4(C)[C@@]3(F)[C@@H](O)C[C@]12C. The molecular formula is C24H29FO5. The molecule has 4 rings (SSSR count). The maximum absolute atomic E-state index is 16.9. The summed E-state index contributed by atoms with van der Waals surface area (Å²) in [5, 5.41) is 11.2. The number of aliphatic hydroxyl groups excluding tert-OH is 1. The number of alkyl halides is 1. The smallest absolute Gasteiger partial charge is 0.303 e. The Labute approximate surface area is 176 Å². The molecule has 0 amide bonds. The molecule has 0 aliphatic heterocycles. The van der Waals surface area contributed by atoms with E-state index in [9.17, 15) is 19.5 Å². The van der Waals surface area contributed by atoms with Crippen molar-refractivity contribution in [1.29, 1.82) is 0 Å². The number of carbonyl (C=O) groups excluding carboxylic acids is 3. The van der Waals surface area contributed by atoms with E-state index < -0.39 is 34.5 Å². The minimum atomic E-state index is -1.91. The number of Topliss-reactive ketones (excluding diaryl/α,β-unsaturated/α-hetero) is 1. The zero-order chi connectivity index (χ0) is 22.1. The summed E-state index contributed by atoms with van der Waals surface area (Å²) in [5.41, 5.74) is -1.42. The van der Waals surface area contributed by atoms with Gasteiger partial charge in [-0.2, -0.15) is 0 Å². The monoisotopic (exact) mass is 416 g/mol. The van der Waals surface area contributed by atoms with Gasteiger partial charge in [0.05, 0.1) is 6.10 Å². The summed E-state index contributed by atoms with van der Waals surface area (Å²) >= 11 is 0. The minimum absolute atomic E-state index is 0.119. The Kier molecular flexibility index (Phi) is 4.73. The van der Waals surface area contributed by atoms with Crippen LogP contribution in [0.5, 0.6) is 0 Å². The second-order valence-electron chi connectivity index (χ2n) is 9.83. The molecule has 6 atom stereocenters. The second-order valence-corrected chi connectivity index (χ2v) is 9.83. The van der Waals surface area contributed by atoms with E-state index in [0.29, 0.717) is 24.8 Å². The number of fused-ring (bicyclic) bond motifs is 5. The number of ketones is 2. The normalized spacial score (nSPS) is 42.3. The first-order valence-electron chi connectivity index (χ1n) is 10.6. The van der Waals surface area contributed by atoms with Crippen LogP contribution in [0.25, 0.3) is 0 Å². The first kappa shape index (κ1) is 21.2. The van der Waals surface area contributed by atoms with Gasteiger partial charge in [0.25, 0.3) is 0 Å². The molecule has 4 aliphatic carbocycles. The number of halogens is 1. The van der Waals surface area contributed by atoms with Crippen molar-refractivity contribution in [3.63, 3.8) is 0 Å². The van der Waals surface area contributed by atoms with Gasteiger partial charge in [-0.25, -0.2) is 4.39 Å². The fourth-order valence-electron chi connectivity index (χ4n) is 6.94. The van der Waals surface area contributed by atoms with Crippen LogP contribution in [-0.2, 0) is 19.1 Å². The fourth-order valence-corrected chi connectivity index (χ4v) is 6.94. The summed E-state index contributed by atoms with van der Waals surface area (Å²) < 4.78 is 21.9. The predicted octanol–water partition coefficient (Wildman–Crippen LogP) is 3.42. The Balaban J connectivity index is 1.72. The maximum Gasteiger partial charge on any atom is 0.303 e. The van der Waals surface area contributed by atoms with Crippen molar-refractivity contribution in [3.05, 3.63) is 34.9 Å². The molecule has 2 fully saturated rings. The number of esters is 1. The lowest BCUT2D eigenvalue weighted by atomic mass is 9.45. The van der Waals surface area contributed by atoms with E-state index in [0.717, 1.165) is 11.1 Å². The first-order chi connectivity index (χ1) is 13.9. The third-order valence-electron chi connectivity index (χ3n) is 8.24. The topological polar surface area (TPSA) is 80.7 Å². The Morgan fingerprint density at radius 1 is 1.30 bits per heavy atom. The lowest BCUT2D eigenvalue weighted by Gasteiger charge is -2.61. The van der Waals surface area contributed by atoms with Crippen molar-refractivity contribution < 1.29 is 28.6 Å². The van der Waals surface area contributed by atoms with Gasteiger partial charge in [0.2, 0.25) is 0 Å². The van der Waals surface area contributed by atoms with E-state index in [1.54, 1.807) is 13.0 Å². The van der Waals surface area contributed by atoms with Crippen molar-refractivity contribution in [2.75, 3.05) is 6.61 Å². The summed E-state index contributed by atoms with van der Waals surface area (Å²) in [4.78, 5) is 36.0. The number of hydrogen-bond donors (Lipinski definition) is 1. The number of allylic oxidation sites excluding steroid dienone is 5. The van der Waals surface area contributed by atoms with Gasteiger partial charge in [0.15, 0.2) is 23.8 Å². The molecule has 0 aromatic carbocycles. The average Bonchev–Trinajstić information content (AvgIpc) is 2.91. The highest BCUT2D eigenvalue weighted by Gasteiger charge is 2.70. The molecule has 5 nitrogen and oxygen atoms in total. The second kappa shape index (κ2) is 6.71. The molecule has 0 heterocycles. The van der Waals surface area contributed by atoms with Crippen molar-refractivity contribution in [2.24, 2.45) is 22.7 Å². The van der Waals surface area contributed by atoms with Crippen LogP contribution >= 0.6 is 0 Å². The molecule has 0 radical (unpaired) electrons. The molecule has 0 aromatic heterocycles. The van der Waals surface area contributed by atoms with Crippen LogP contribution in [-0.4, -0.2) is 41.0 Å². The highest BCUT2D eigenvalue weighted by Crippen LogP contribution is 2.68. The summed E-state index contributed by atoms with van der Waals surface area (Å²) in [6.45, 7) is 6.52. The van der Waals surface area contributed by atoms with E-state index in [4.69, 9.17) is 4.74 Å². The third kappa shape index (κ3) is 2.65. The number of carbonyl (C=O) groups is 3. The van der Waals surface area contributed by atoms with Gasteiger partial charge >= 0.3 is 5.97 Å². The Bertz CT molecular complexity index is 930. The molecule has 162 valence electrons. The molecule has 1 N–H and O–H groups in total. The van der Waals surface area contributed by atoms with E-state index in [1.807, 2.05) is 13.8 Å². The van der Waals surface area contributed by atoms with Gasteiger partial charge in [-0.1, -0.05) is 24.1 Å². The maximum atomic E-state index is 16.9. The van der Waals surface area contributed by atoms with Crippen LogP contribution in [0.4, 0.5) is 4.39 Å². The molecule has 6 heteroatoms.